The third-order valence-corrected chi connectivity index (χ3v) is 2.17. The van der Waals surface area contributed by atoms with Gasteiger partial charge >= 0.3 is 0 Å². The number of rotatable bonds is 1. The first-order valence-corrected chi connectivity index (χ1v) is 4.23. The van der Waals surface area contributed by atoms with E-state index >= 15 is 0 Å². The van der Waals surface area contributed by atoms with Crippen LogP contribution in [0.1, 0.15) is 0 Å². The van der Waals surface area contributed by atoms with Crippen molar-refractivity contribution in [2.75, 3.05) is 12.8 Å². The predicted octanol–water partition coefficient (Wildman–Crippen LogP) is -0.520. The molecule has 0 aromatic carbocycles. The second-order valence-electron chi connectivity index (χ2n) is 1.91. The molecule has 1 N–H and O–H groups in total. The molecule has 0 aromatic heterocycles. The van der Waals surface area contributed by atoms with Gasteiger partial charge in [0.15, 0.2) is 0 Å². The Balaban J connectivity index is 2.82. The van der Waals surface area contributed by atoms with Crippen LogP contribution in [-0.2, 0) is 15.6 Å². The minimum atomic E-state index is -1.28. The zero-order valence-electron chi connectivity index (χ0n) is 5.40. The Labute approximate surface area is 60.5 Å². The number of hydroxylamine groups is 2. The fourth-order valence-electron chi connectivity index (χ4n) is 0.707. The summed E-state index contributed by atoms with van der Waals surface area (Å²) in [4.78, 5) is 10.9. The average molecular weight is 161 g/mol. The van der Waals surface area contributed by atoms with Gasteiger partial charge in [-0.05, 0) is 6.08 Å². The third kappa shape index (κ3) is 1.10. The Kier molecular flexibility index (Phi) is 1.87. The van der Waals surface area contributed by atoms with Gasteiger partial charge in [-0.2, -0.15) is 0 Å². The first-order chi connectivity index (χ1) is 4.63. The molecule has 0 saturated heterocycles. The van der Waals surface area contributed by atoms with Gasteiger partial charge in [0.1, 0.15) is 4.91 Å². The van der Waals surface area contributed by atoms with E-state index in [0.717, 1.165) is 0 Å². The molecule has 1 rings (SSSR count). The van der Waals surface area contributed by atoms with Crippen molar-refractivity contribution in [3.8, 4) is 0 Å². The second-order valence-corrected chi connectivity index (χ2v) is 3.26. The molecule has 0 aromatic rings. The van der Waals surface area contributed by atoms with Gasteiger partial charge in [-0.25, -0.2) is 5.06 Å². The van der Waals surface area contributed by atoms with Crippen LogP contribution < -0.4 is 0 Å². The maximum atomic E-state index is 10.8. The fourth-order valence-corrected chi connectivity index (χ4v) is 1.37. The molecular weight excluding hydrogens is 154 g/mol. The fraction of sp³-hybridized carbons (Fsp3) is 0.400. The summed E-state index contributed by atoms with van der Waals surface area (Å²) in [7, 11) is -1.28. The normalized spacial score (nSPS) is 21.2. The summed E-state index contributed by atoms with van der Waals surface area (Å²) in [5, 5.41) is 9.25. The molecule has 1 aliphatic heterocycles. The molecule has 5 heteroatoms. The maximum absolute atomic E-state index is 10.8. The number of carbonyl (C=O) groups is 1. The van der Waals surface area contributed by atoms with E-state index in [-0.39, 0.29) is 11.4 Å². The van der Waals surface area contributed by atoms with E-state index < -0.39 is 16.7 Å². The van der Waals surface area contributed by atoms with Crippen molar-refractivity contribution in [3.63, 3.8) is 0 Å². The van der Waals surface area contributed by atoms with Gasteiger partial charge in [-0.15, -0.1) is 0 Å². The van der Waals surface area contributed by atoms with Crippen LogP contribution in [0.3, 0.4) is 0 Å². The summed E-state index contributed by atoms with van der Waals surface area (Å²) in [6, 6.07) is 0. The van der Waals surface area contributed by atoms with Crippen molar-refractivity contribution >= 4 is 16.7 Å². The third-order valence-electron chi connectivity index (χ3n) is 1.20. The molecule has 1 heterocycles. The van der Waals surface area contributed by atoms with E-state index in [9.17, 15) is 9.00 Å². The lowest BCUT2D eigenvalue weighted by atomic mass is 10.6. The number of carbonyl (C=O) groups excluding carboxylic acids is 1. The Hall–Kier alpha value is -0.680. The highest BCUT2D eigenvalue weighted by molar-refractivity contribution is 7.89. The van der Waals surface area contributed by atoms with Crippen LogP contribution in [0.5, 0.6) is 0 Å². The molecule has 1 atom stereocenters. The molecule has 0 aliphatic carbocycles. The highest BCUT2D eigenvalue weighted by atomic mass is 32.2. The van der Waals surface area contributed by atoms with Gasteiger partial charge in [0.2, 0.25) is 0 Å². The monoisotopic (exact) mass is 161 g/mol. The van der Waals surface area contributed by atoms with Crippen molar-refractivity contribution in [1.29, 1.82) is 0 Å². The largest absolute Gasteiger partial charge is 0.286 e. The van der Waals surface area contributed by atoms with Crippen LogP contribution in [0.4, 0.5) is 0 Å². The Morgan fingerprint density at radius 1 is 1.80 bits per heavy atom. The summed E-state index contributed by atoms with van der Waals surface area (Å²) in [5.41, 5.74) is 0. The van der Waals surface area contributed by atoms with E-state index in [2.05, 4.69) is 0 Å². The van der Waals surface area contributed by atoms with Crippen molar-refractivity contribution in [2.45, 2.75) is 0 Å². The molecule has 0 saturated carbocycles. The molecule has 10 heavy (non-hydrogen) atoms. The van der Waals surface area contributed by atoms with Crippen molar-refractivity contribution in [2.24, 2.45) is 0 Å². The van der Waals surface area contributed by atoms with E-state index in [0.29, 0.717) is 5.06 Å². The Bertz CT molecular complexity index is 223. The van der Waals surface area contributed by atoms with Crippen molar-refractivity contribution < 1.29 is 14.2 Å². The van der Waals surface area contributed by atoms with Crippen LogP contribution in [0.25, 0.3) is 0 Å². The minimum Gasteiger partial charge on any atom is -0.285 e. The van der Waals surface area contributed by atoms with Crippen LogP contribution in [0.2, 0.25) is 0 Å². The number of hydrogen-bond donors (Lipinski definition) is 1. The molecular formula is C5H7NO3S. The average Bonchev–Trinajstić information content (AvgIpc) is 2.14. The molecule has 0 radical (unpaired) electrons. The van der Waals surface area contributed by atoms with Crippen molar-refractivity contribution in [1.82, 2.24) is 5.06 Å². The van der Waals surface area contributed by atoms with E-state index in [4.69, 9.17) is 5.21 Å². The minimum absolute atomic E-state index is 0.147. The van der Waals surface area contributed by atoms with Crippen molar-refractivity contribution in [3.05, 3.63) is 11.0 Å². The molecule has 1 aliphatic rings. The molecule has 0 fully saturated rings. The molecule has 0 spiro atoms. The molecule has 56 valence electrons. The lowest BCUT2D eigenvalue weighted by Crippen LogP contribution is -2.23. The van der Waals surface area contributed by atoms with Gasteiger partial charge < -0.3 is 0 Å². The second kappa shape index (κ2) is 2.51. The molecule has 0 bridgehead atoms. The maximum Gasteiger partial charge on any atom is 0.286 e. The zero-order chi connectivity index (χ0) is 7.72. The lowest BCUT2D eigenvalue weighted by molar-refractivity contribution is -0.154. The van der Waals surface area contributed by atoms with E-state index in [1.54, 1.807) is 0 Å². The predicted molar refractivity (Wildman–Crippen MR) is 35.6 cm³/mol. The number of amides is 1. The summed E-state index contributed by atoms with van der Waals surface area (Å²) in [6.07, 6.45) is 2.86. The Morgan fingerprint density at radius 2 is 2.40 bits per heavy atom. The van der Waals surface area contributed by atoms with E-state index in [1.807, 2.05) is 0 Å². The highest BCUT2D eigenvalue weighted by Gasteiger charge is 2.24. The standard InChI is InChI=1S/C5H7NO3S/c1-10(9)4-2-3-6(8)5(4)7/h2,8H,3H2,1H3. The summed E-state index contributed by atoms with van der Waals surface area (Å²) < 4.78 is 10.7. The van der Waals surface area contributed by atoms with Gasteiger partial charge in [-0.1, -0.05) is 0 Å². The van der Waals surface area contributed by atoms with Crippen LogP contribution in [0, 0.1) is 0 Å². The zero-order valence-corrected chi connectivity index (χ0v) is 6.22. The lowest BCUT2D eigenvalue weighted by Gasteiger charge is -2.03. The molecule has 4 nitrogen and oxygen atoms in total. The van der Waals surface area contributed by atoms with Gasteiger partial charge in [0.25, 0.3) is 5.91 Å². The first kappa shape index (κ1) is 7.43. The number of hydrogen-bond acceptors (Lipinski definition) is 3. The van der Waals surface area contributed by atoms with Crippen LogP contribution in [0.15, 0.2) is 11.0 Å². The van der Waals surface area contributed by atoms with Gasteiger partial charge in [0, 0.05) is 6.26 Å². The van der Waals surface area contributed by atoms with Crippen LogP contribution in [-0.4, -0.2) is 33.2 Å². The Morgan fingerprint density at radius 3 is 2.60 bits per heavy atom. The molecule has 1 amide bonds. The summed E-state index contributed by atoms with van der Waals surface area (Å²) >= 11 is 0. The smallest absolute Gasteiger partial charge is 0.285 e. The van der Waals surface area contributed by atoms with Gasteiger partial charge in [-0.3, -0.25) is 14.2 Å². The summed E-state index contributed by atoms with van der Waals surface area (Å²) in [6.45, 7) is 0.147. The van der Waals surface area contributed by atoms with Crippen LogP contribution >= 0.6 is 0 Å². The summed E-state index contributed by atoms with van der Waals surface area (Å²) in [5.74, 6) is -0.555. The van der Waals surface area contributed by atoms with E-state index in [1.165, 1.54) is 12.3 Å². The highest BCUT2D eigenvalue weighted by Crippen LogP contribution is 2.10. The SMILES string of the molecule is CS(=O)C1=CCN(O)C1=O. The topological polar surface area (TPSA) is 57.6 Å². The quantitative estimate of drug-likeness (QED) is 0.526. The first-order valence-electron chi connectivity index (χ1n) is 2.67. The molecule has 1 unspecified atom stereocenters. The number of nitrogens with zero attached hydrogens (tertiary/aromatic N) is 1. The van der Waals surface area contributed by atoms with Gasteiger partial charge in [0.05, 0.1) is 17.3 Å².